The fourth-order valence-electron chi connectivity index (χ4n) is 3.96. The van der Waals surface area contributed by atoms with Gasteiger partial charge < -0.3 is 10.1 Å². The third kappa shape index (κ3) is 4.66. The Morgan fingerprint density at radius 3 is 2.75 bits per heavy atom. The van der Waals surface area contributed by atoms with E-state index >= 15 is 0 Å². The summed E-state index contributed by atoms with van der Waals surface area (Å²) in [5.41, 5.74) is 1.07. The monoisotopic (exact) mass is 479 g/mol. The third-order valence-electron chi connectivity index (χ3n) is 5.60. The lowest BCUT2D eigenvalue weighted by Gasteiger charge is -2.18. The first-order valence-corrected chi connectivity index (χ1v) is 12.1. The highest BCUT2D eigenvalue weighted by molar-refractivity contribution is 7.99. The van der Waals surface area contributed by atoms with Gasteiger partial charge in [-0.2, -0.15) is 8.78 Å². The molecule has 0 aliphatic heterocycles. The molecule has 3 aromatic rings. The first-order chi connectivity index (χ1) is 15.3. The number of aryl methyl sites for hydroxylation is 2. The van der Waals surface area contributed by atoms with Gasteiger partial charge in [-0.1, -0.05) is 36.7 Å². The number of thiophene rings is 1. The molecule has 0 unspecified atom stereocenters. The van der Waals surface area contributed by atoms with Gasteiger partial charge in [-0.25, -0.2) is 4.98 Å². The van der Waals surface area contributed by atoms with Gasteiger partial charge >= 0.3 is 6.61 Å². The van der Waals surface area contributed by atoms with E-state index in [4.69, 9.17) is 4.98 Å². The number of carbonyl (C=O) groups excluding carboxylic acids is 1. The highest BCUT2D eigenvalue weighted by atomic mass is 32.2. The van der Waals surface area contributed by atoms with Crippen molar-refractivity contribution in [2.45, 2.75) is 57.3 Å². The molecule has 0 atom stereocenters. The summed E-state index contributed by atoms with van der Waals surface area (Å²) in [6.45, 7) is 0.923. The molecule has 0 saturated heterocycles. The summed E-state index contributed by atoms with van der Waals surface area (Å²) in [7, 11) is 0. The van der Waals surface area contributed by atoms with Crippen molar-refractivity contribution in [1.82, 2.24) is 9.55 Å². The zero-order valence-electron chi connectivity index (χ0n) is 17.7. The zero-order valence-corrected chi connectivity index (χ0v) is 19.3. The molecule has 32 heavy (non-hydrogen) atoms. The van der Waals surface area contributed by atoms with Crippen LogP contribution in [0.5, 0.6) is 5.75 Å². The average molecular weight is 480 g/mol. The number of alkyl halides is 2. The number of para-hydroxylation sites is 2. The lowest BCUT2D eigenvalue weighted by molar-refractivity contribution is -0.113. The van der Waals surface area contributed by atoms with Crippen LogP contribution in [-0.4, -0.2) is 27.8 Å². The number of carbonyl (C=O) groups is 1. The Labute approximate surface area is 192 Å². The Bertz CT molecular complexity index is 1200. The number of halogens is 2. The quantitative estimate of drug-likeness (QED) is 0.357. The predicted molar refractivity (Wildman–Crippen MR) is 123 cm³/mol. The fourth-order valence-corrected chi connectivity index (χ4v) is 5.90. The summed E-state index contributed by atoms with van der Waals surface area (Å²) in [5.74, 6) is -0.518. The summed E-state index contributed by atoms with van der Waals surface area (Å²) < 4.78 is 31.4. The molecule has 10 heteroatoms. The number of nitrogens with zero attached hydrogens (tertiary/aromatic N) is 2. The Balaban J connectivity index is 1.59. The molecule has 1 saturated carbocycles. The van der Waals surface area contributed by atoms with E-state index in [9.17, 15) is 18.4 Å². The summed E-state index contributed by atoms with van der Waals surface area (Å²) in [6, 6.07) is 6.10. The number of fused-ring (bicyclic) bond motifs is 1. The fraction of sp³-hybridized carbons (Fsp3) is 0.409. The molecule has 170 valence electrons. The summed E-state index contributed by atoms with van der Waals surface area (Å²) >= 11 is 2.66. The number of rotatable bonds is 7. The smallest absolute Gasteiger partial charge is 0.387 e. The van der Waals surface area contributed by atoms with Crippen LogP contribution in [0.4, 0.5) is 14.5 Å². The van der Waals surface area contributed by atoms with Gasteiger partial charge in [0.25, 0.3) is 5.56 Å². The number of nitrogens with one attached hydrogen (secondary N) is 1. The second-order valence-electron chi connectivity index (χ2n) is 7.68. The number of benzene rings is 1. The van der Waals surface area contributed by atoms with Gasteiger partial charge in [0.2, 0.25) is 5.91 Å². The maximum Gasteiger partial charge on any atom is 0.387 e. The van der Waals surface area contributed by atoms with E-state index in [0.717, 1.165) is 36.1 Å². The lowest BCUT2D eigenvalue weighted by Crippen LogP contribution is -2.27. The van der Waals surface area contributed by atoms with Crippen molar-refractivity contribution in [2.24, 2.45) is 0 Å². The highest BCUT2D eigenvalue weighted by Gasteiger charge is 2.25. The highest BCUT2D eigenvalue weighted by Crippen LogP contribution is 2.34. The van der Waals surface area contributed by atoms with Crippen molar-refractivity contribution in [3.05, 3.63) is 45.1 Å². The minimum Gasteiger partial charge on any atom is -0.433 e. The van der Waals surface area contributed by atoms with Gasteiger partial charge in [-0.15, -0.1) is 11.3 Å². The maximum absolute atomic E-state index is 13.4. The Morgan fingerprint density at radius 1 is 1.31 bits per heavy atom. The van der Waals surface area contributed by atoms with E-state index in [0.29, 0.717) is 15.4 Å². The second kappa shape index (κ2) is 9.58. The number of hydrogen-bond acceptors (Lipinski definition) is 6. The molecule has 1 aliphatic carbocycles. The van der Waals surface area contributed by atoms with Gasteiger partial charge in [0, 0.05) is 10.9 Å². The van der Waals surface area contributed by atoms with Crippen LogP contribution in [0, 0.1) is 13.8 Å². The largest absolute Gasteiger partial charge is 0.433 e. The first-order valence-electron chi connectivity index (χ1n) is 10.3. The van der Waals surface area contributed by atoms with Gasteiger partial charge in [-0.05, 0) is 44.4 Å². The number of ether oxygens (including phenoxy) is 1. The van der Waals surface area contributed by atoms with Crippen molar-refractivity contribution in [3.8, 4) is 5.75 Å². The van der Waals surface area contributed by atoms with E-state index in [1.54, 1.807) is 16.7 Å². The molecule has 0 spiro atoms. The van der Waals surface area contributed by atoms with Crippen LogP contribution in [-0.2, 0) is 4.79 Å². The first kappa shape index (κ1) is 22.7. The van der Waals surface area contributed by atoms with Gasteiger partial charge in [0.05, 0.1) is 16.8 Å². The Morgan fingerprint density at radius 2 is 2.03 bits per heavy atom. The van der Waals surface area contributed by atoms with E-state index in [1.165, 1.54) is 35.2 Å². The van der Waals surface area contributed by atoms with E-state index in [2.05, 4.69) is 10.1 Å². The van der Waals surface area contributed by atoms with Crippen LogP contribution in [0.15, 0.2) is 34.2 Å². The molecule has 0 radical (unpaired) electrons. The summed E-state index contributed by atoms with van der Waals surface area (Å²) in [4.78, 5) is 32.4. The summed E-state index contributed by atoms with van der Waals surface area (Å²) in [5, 5.41) is 3.78. The molecule has 0 bridgehead atoms. The van der Waals surface area contributed by atoms with Gasteiger partial charge in [0.1, 0.15) is 10.6 Å². The van der Waals surface area contributed by atoms with Crippen LogP contribution in [0.3, 0.4) is 0 Å². The van der Waals surface area contributed by atoms with Crippen molar-refractivity contribution in [1.29, 1.82) is 0 Å². The molecule has 6 nitrogen and oxygen atoms in total. The topological polar surface area (TPSA) is 73.2 Å². The molecule has 1 N–H and O–H groups in total. The molecule has 4 rings (SSSR count). The number of aromatic nitrogens is 2. The third-order valence-corrected chi connectivity index (χ3v) is 7.66. The zero-order chi connectivity index (χ0) is 22.8. The molecule has 2 aromatic heterocycles. The van der Waals surface area contributed by atoms with E-state index < -0.39 is 12.5 Å². The van der Waals surface area contributed by atoms with Crippen LogP contribution in [0.2, 0.25) is 0 Å². The standard InChI is InChI=1S/C22H23F2N3O3S2/c1-12-13(2)32-19-18(12)20(29)27(14-7-3-4-8-14)22(26-19)31-11-17(28)25-15-9-5-6-10-16(15)30-21(23)24/h5-6,9-10,14,21H,3-4,7-8,11H2,1-2H3,(H,25,28). The molecular weight excluding hydrogens is 456 g/mol. The number of hydrogen-bond donors (Lipinski definition) is 1. The molecule has 1 aromatic carbocycles. The summed E-state index contributed by atoms with van der Waals surface area (Å²) in [6.07, 6.45) is 3.94. The number of anilines is 1. The minimum absolute atomic E-state index is 0.0168. The molecule has 1 amide bonds. The van der Waals surface area contributed by atoms with E-state index in [1.807, 2.05) is 13.8 Å². The second-order valence-corrected chi connectivity index (χ2v) is 9.83. The van der Waals surface area contributed by atoms with Crippen molar-refractivity contribution in [2.75, 3.05) is 11.1 Å². The molecule has 2 heterocycles. The molecule has 1 aliphatic rings. The normalized spacial score (nSPS) is 14.4. The number of amides is 1. The van der Waals surface area contributed by atoms with Crippen LogP contribution in [0.25, 0.3) is 10.2 Å². The molecular formula is C22H23F2N3O3S2. The Hall–Kier alpha value is -2.46. The number of thioether (sulfide) groups is 1. The molecule has 1 fully saturated rings. The SMILES string of the molecule is Cc1sc2nc(SCC(=O)Nc3ccccc3OC(F)F)n(C3CCCC3)c(=O)c2c1C. The predicted octanol–water partition coefficient (Wildman–Crippen LogP) is 5.52. The lowest BCUT2D eigenvalue weighted by atomic mass is 10.2. The van der Waals surface area contributed by atoms with Crippen LogP contribution in [0.1, 0.15) is 42.2 Å². The van der Waals surface area contributed by atoms with Gasteiger partial charge in [0.15, 0.2) is 5.16 Å². The average Bonchev–Trinajstić information content (AvgIpc) is 3.36. The van der Waals surface area contributed by atoms with E-state index in [-0.39, 0.29) is 28.8 Å². The van der Waals surface area contributed by atoms with Crippen molar-refractivity contribution in [3.63, 3.8) is 0 Å². The van der Waals surface area contributed by atoms with Crippen LogP contribution >= 0.6 is 23.1 Å². The maximum atomic E-state index is 13.4. The Kier molecular flexibility index (Phi) is 6.80. The van der Waals surface area contributed by atoms with Crippen molar-refractivity contribution >= 4 is 44.9 Å². The minimum atomic E-state index is -2.99. The van der Waals surface area contributed by atoms with Gasteiger partial charge in [-0.3, -0.25) is 14.2 Å². The van der Waals surface area contributed by atoms with Crippen LogP contribution < -0.4 is 15.6 Å². The van der Waals surface area contributed by atoms with Crippen molar-refractivity contribution < 1.29 is 18.3 Å².